The minimum atomic E-state index is -0.521. The lowest BCUT2D eigenvalue weighted by atomic mass is 10.2. The second-order valence-corrected chi connectivity index (χ2v) is 7.59. The van der Waals surface area contributed by atoms with Gasteiger partial charge in [-0.3, -0.25) is 9.59 Å². The van der Waals surface area contributed by atoms with Crippen LogP contribution in [-0.4, -0.2) is 33.6 Å². The number of ether oxygens (including phenoxy) is 1. The molecule has 6 nitrogen and oxygen atoms in total. The summed E-state index contributed by atoms with van der Waals surface area (Å²) in [6.07, 6.45) is 0.141. The molecule has 1 aromatic heterocycles. The summed E-state index contributed by atoms with van der Waals surface area (Å²) in [7, 11) is 0. The maximum atomic E-state index is 12.8. The first kappa shape index (κ1) is 18.4. The summed E-state index contributed by atoms with van der Waals surface area (Å²) in [6.45, 7) is 4.43. The van der Waals surface area contributed by atoms with Crippen molar-refractivity contribution in [2.75, 3.05) is 11.5 Å². The van der Waals surface area contributed by atoms with E-state index >= 15 is 0 Å². The molecule has 3 aromatic rings. The molecule has 2 aromatic carbocycles. The summed E-state index contributed by atoms with van der Waals surface area (Å²) < 4.78 is 5.54. The van der Waals surface area contributed by atoms with Crippen molar-refractivity contribution < 1.29 is 14.3 Å². The van der Waals surface area contributed by atoms with Crippen molar-refractivity contribution in [3.63, 3.8) is 0 Å². The summed E-state index contributed by atoms with van der Waals surface area (Å²) in [5.41, 5.74) is 2.19. The van der Waals surface area contributed by atoms with Crippen LogP contribution in [0.5, 0.6) is 5.75 Å². The Morgan fingerprint density at radius 3 is 2.68 bits per heavy atom. The van der Waals surface area contributed by atoms with Crippen LogP contribution in [0, 0.1) is 6.92 Å². The van der Waals surface area contributed by atoms with E-state index in [2.05, 4.69) is 9.97 Å². The van der Waals surface area contributed by atoms with E-state index in [0.717, 1.165) is 22.3 Å². The number of carbonyl (C=O) groups is 2. The average molecular weight is 393 g/mol. The van der Waals surface area contributed by atoms with Crippen LogP contribution in [0.3, 0.4) is 0 Å². The van der Waals surface area contributed by atoms with E-state index in [1.807, 2.05) is 50.2 Å². The highest BCUT2D eigenvalue weighted by Gasteiger charge is 2.40. The number of para-hydroxylation sites is 1. The number of nitrogens with zero attached hydrogens (tertiary/aromatic N) is 3. The molecular formula is C21H19N3O3S. The Kier molecular flexibility index (Phi) is 5.00. The maximum absolute atomic E-state index is 12.8. The highest BCUT2D eigenvalue weighted by Crippen LogP contribution is 2.33. The molecule has 1 aliphatic heterocycles. The largest absolute Gasteiger partial charge is 0.494 e. The van der Waals surface area contributed by atoms with Crippen molar-refractivity contribution in [3.8, 4) is 5.75 Å². The fourth-order valence-electron chi connectivity index (χ4n) is 3.22. The predicted molar refractivity (Wildman–Crippen MR) is 109 cm³/mol. The van der Waals surface area contributed by atoms with E-state index < -0.39 is 5.25 Å². The van der Waals surface area contributed by atoms with Gasteiger partial charge in [-0.2, -0.15) is 0 Å². The summed E-state index contributed by atoms with van der Waals surface area (Å²) >= 11 is 1.24. The van der Waals surface area contributed by atoms with E-state index in [4.69, 9.17) is 4.74 Å². The second-order valence-electron chi connectivity index (χ2n) is 6.42. The van der Waals surface area contributed by atoms with Gasteiger partial charge in [-0.05, 0) is 44.2 Å². The zero-order chi connectivity index (χ0) is 19.7. The van der Waals surface area contributed by atoms with Crippen LogP contribution in [0.2, 0.25) is 0 Å². The molecule has 2 amide bonds. The van der Waals surface area contributed by atoms with Gasteiger partial charge in [0.2, 0.25) is 11.8 Å². The number of rotatable bonds is 5. The van der Waals surface area contributed by atoms with Crippen molar-refractivity contribution >= 4 is 40.2 Å². The van der Waals surface area contributed by atoms with Gasteiger partial charge in [0.25, 0.3) is 0 Å². The third-order valence-electron chi connectivity index (χ3n) is 4.52. The quantitative estimate of drug-likeness (QED) is 0.485. The highest BCUT2D eigenvalue weighted by atomic mass is 32.2. The molecule has 1 atom stereocenters. The molecule has 28 heavy (non-hydrogen) atoms. The molecule has 0 radical (unpaired) electrons. The number of fused-ring (bicyclic) bond motifs is 1. The number of thioether (sulfide) groups is 1. The minimum Gasteiger partial charge on any atom is -0.494 e. The van der Waals surface area contributed by atoms with Crippen molar-refractivity contribution in [3.05, 3.63) is 54.2 Å². The minimum absolute atomic E-state index is 0.141. The molecule has 0 aliphatic carbocycles. The number of carbonyl (C=O) groups excluding carboxylic acids is 2. The Morgan fingerprint density at radius 1 is 1.14 bits per heavy atom. The Bertz CT molecular complexity index is 1060. The van der Waals surface area contributed by atoms with Gasteiger partial charge >= 0.3 is 0 Å². The molecule has 1 fully saturated rings. The first-order chi connectivity index (χ1) is 13.6. The zero-order valence-corrected chi connectivity index (χ0v) is 16.4. The summed E-state index contributed by atoms with van der Waals surface area (Å²) in [5.74, 6) is 0.346. The first-order valence-corrected chi connectivity index (χ1v) is 9.94. The smallest absolute Gasteiger partial charge is 0.247 e. The van der Waals surface area contributed by atoms with Crippen LogP contribution >= 0.6 is 11.8 Å². The molecule has 0 bridgehead atoms. The molecule has 1 aliphatic rings. The average Bonchev–Trinajstić information content (AvgIpc) is 2.96. The van der Waals surface area contributed by atoms with Crippen molar-refractivity contribution in [2.45, 2.75) is 30.7 Å². The normalized spacial score (nSPS) is 16.8. The van der Waals surface area contributed by atoms with Crippen LogP contribution in [-0.2, 0) is 9.59 Å². The van der Waals surface area contributed by atoms with Crippen LogP contribution in [0.25, 0.3) is 10.9 Å². The highest BCUT2D eigenvalue weighted by molar-refractivity contribution is 8.00. The predicted octanol–water partition coefficient (Wildman–Crippen LogP) is 3.76. The van der Waals surface area contributed by atoms with Crippen LogP contribution in [0.4, 0.5) is 5.69 Å². The van der Waals surface area contributed by atoms with E-state index in [-0.39, 0.29) is 18.2 Å². The van der Waals surface area contributed by atoms with Gasteiger partial charge in [0.15, 0.2) is 5.16 Å². The monoisotopic (exact) mass is 393 g/mol. The molecule has 0 N–H and O–H groups in total. The van der Waals surface area contributed by atoms with E-state index in [0.29, 0.717) is 17.5 Å². The van der Waals surface area contributed by atoms with Gasteiger partial charge < -0.3 is 4.74 Å². The molecule has 7 heteroatoms. The zero-order valence-electron chi connectivity index (χ0n) is 15.6. The van der Waals surface area contributed by atoms with E-state index in [1.54, 1.807) is 12.1 Å². The van der Waals surface area contributed by atoms with Gasteiger partial charge in [0.1, 0.15) is 11.0 Å². The molecular weight excluding hydrogens is 374 g/mol. The molecule has 142 valence electrons. The number of hydrogen-bond acceptors (Lipinski definition) is 6. The maximum Gasteiger partial charge on any atom is 0.247 e. The number of hydrogen-bond donors (Lipinski definition) is 0. The molecule has 0 unspecified atom stereocenters. The molecule has 4 rings (SSSR count). The number of benzene rings is 2. The van der Waals surface area contributed by atoms with Gasteiger partial charge in [-0.1, -0.05) is 30.0 Å². The Hall–Kier alpha value is -2.93. The molecule has 2 heterocycles. The Morgan fingerprint density at radius 2 is 1.93 bits per heavy atom. The van der Waals surface area contributed by atoms with Crippen LogP contribution < -0.4 is 9.64 Å². The number of anilines is 1. The van der Waals surface area contributed by atoms with Gasteiger partial charge in [0.05, 0.1) is 17.8 Å². The van der Waals surface area contributed by atoms with Crippen molar-refractivity contribution in [2.24, 2.45) is 0 Å². The van der Waals surface area contributed by atoms with Gasteiger partial charge in [-0.15, -0.1) is 0 Å². The van der Waals surface area contributed by atoms with E-state index in [9.17, 15) is 9.59 Å². The summed E-state index contributed by atoms with van der Waals surface area (Å²) in [5, 5.41) is 0.887. The summed E-state index contributed by atoms with van der Waals surface area (Å²) in [6, 6.07) is 14.7. The molecule has 0 saturated carbocycles. The van der Waals surface area contributed by atoms with E-state index in [1.165, 1.54) is 16.7 Å². The summed E-state index contributed by atoms with van der Waals surface area (Å²) in [4.78, 5) is 35.6. The standard InChI is InChI=1S/C21H19N3O3S/c1-3-27-15-9-10-17-16(11-15)13(2)22-21(23-17)28-18-12-19(25)24(20(18)26)14-7-5-4-6-8-14/h4-11,18H,3,12H2,1-2H3/t18-/m1/s1. The van der Waals surface area contributed by atoms with Crippen LogP contribution in [0.1, 0.15) is 19.0 Å². The van der Waals surface area contributed by atoms with Crippen molar-refractivity contribution in [1.82, 2.24) is 9.97 Å². The molecule has 0 spiro atoms. The number of aryl methyl sites for hydroxylation is 1. The van der Waals surface area contributed by atoms with Gasteiger partial charge in [0, 0.05) is 17.5 Å². The first-order valence-electron chi connectivity index (χ1n) is 9.06. The second kappa shape index (κ2) is 7.59. The Labute approximate surface area is 166 Å². The van der Waals surface area contributed by atoms with Crippen LogP contribution in [0.15, 0.2) is 53.7 Å². The number of amides is 2. The molecule has 1 saturated heterocycles. The van der Waals surface area contributed by atoms with Crippen molar-refractivity contribution in [1.29, 1.82) is 0 Å². The lowest BCUT2D eigenvalue weighted by Gasteiger charge is -2.14. The fraction of sp³-hybridized carbons (Fsp3) is 0.238. The lowest BCUT2D eigenvalue weighted by molar-refractivity contribution is -0.121. The topological polar surface area (TPSA) is 72.4 Å². The van der Waals surface area contributed by atoms with Gasteiger partial charge in [-0.25, -0.2) is 14.9 Å². The number of imide groups is 1. The Balaban J connectivity index is 1.59. The number of aromatic nitrogens is 2. The third kappa shape index (κ3) is 3.45. The lowest BCUT2D eigenvalue weighted by Crippen LogP contribution is -2.31. The fourth-order valence-corrected chi connectivity index (χ4v) is 4.24. The third-order valence-corrected chi connectivity index (χ3v) is 5.56. The SMILES string of the molecule is CCOc1ccc2nc(S[C@@H]3CC(=O)N(c4ccccc4)C3=O)nc(C)c2c1.